The van der Waals surface area contributed by atoms with Crippen molar-refractivity contribution in [3.63, 3.8) is 0 Å². The van der Waals surface area contributed by atoms with Gasteiger partial charge in [-0.25, -0.2) is 4.39 Å². The Morgan fingerprint density at radius 2 is 1.86 bits per heavy atom. The van der Waals surface area contributed by atoms with Crippen LogP contribution in [0.4, 0.5) is 4.39 Å². The number of amides is 1. The fourth-order valence-electron chi connectivity index (χ4n) is 2.67. The molecule has 0 atom stereocenters. The topological polar surface area (TPSA) is 68.5 Å². The minimum absolute atomic E-state index is 0.113. The molecule has 0 spiro atoms. The molecule has 1 N–H and O–H groups in total. The van der Waals surface area contributed by atoms with Crippen LogP contribution in [0.15, 0.2) is 57.8 Å². The van der Waals surface area contributed by atoms with Crippen molar-refractivity contribution in [3.8, 4) is 0 Å². The molecule has 0 fully saturated rings. The van der Waals surface area contributed by atoms with E-state index in [1.807, 2.05) is 12.1 Å². The van der Waals surface area contributed by atoms with Crippen LogP contribution in [-0.2, 0) is 15.3 Å². The van der Waals surface area contributed by atoms with Crippen molar-refractivity contribution in [2.45, 2.75) is 30.6 Å². The van der Waals surface area contributed by atoms with E-state index < -0.39 is 11.9 Å². The number of fused-ring (bicyclic) bond motifs is 1. The van der Waals surface area contributed by atoms with Crippen molar-refractivity contribution in [3.05, 3.63) is 65.7 Å². The molecular formula is C21H20FNO4S. The number of benzene rings is 2. The molecule has 0 saturated carbocycles. The lowest BCUT2D eigenvalue weighted by atomic mass is 10.1. The maximum absolute atomic E-state index is 13.9. The van der Waals surface area contributed by atoms with Gasteiger partial charge in [0.25, 0.3) is 5.91 Å². The van der Waals surface area contributed by atoms with Gasteiger partial charge in [0.15, 0.2) is 5.76 Å². The number of para-hydroxylation sites is 1. The Labute approximate surface area is 166 Å². The number of carbonyl (C=O) groups excluding carboxylic acids is 2. The molecule has 0 aliphatic heterocycles. The molecule has 0 aliphatic rings. The molecule has 5 nitrogen and oxygen atoms in total. The van der Waals surface area contributed by atoms with E-state index >= 15 is 0 Å². The zero-order valence-electron chi connectivity index (χ0n) is 15.5. The smallest absolute Gasteiger partial charge is 0.325 e. The van der Waals surface area contributed by atoms with Crippen LogP contribution in [0.5, 0.6) is 0 Å². The highest BCUT2D eigenvalue weighted by atomic mass is 32.2. The molecular weight excluding hydrogens is 381 g/mol. The molecule has 2 aromatic carbocycles. The third-order valence-corrected chi connectivity index (χ3v) is 4.95. The highest BCUT2D eigenvalue weighted by Crippen LogP contribution is 2.32. The third kappa shape index (κ3) is 4.72. The van der Waals surface area contributed by atoms with E-state index in [0.717, 1.165) is 5.39 Å². The molecule has 0 bridgehead atoms. The van der Waals surface area contributed by atoms with Crippen LogP contribution in [0.25, 0.3) is 11.0 Å². The molecule has 7 heteroatoms. The van der Waals surface area contributed by atoms with Crippen LogP contribution >= 0.6 is 11.8 Å². The summed E-state index contributed by atoms with van der Waals surface area (Å²) in [7, 11) is 0. The molecule has 0 unspecified atom stereocenters. The summed E-state index contributed by atoms with van der Waals surface area (Å²) in [5.74, 6) is -0.898. The van der Waals surface area contributed by atoms with Crippen molar-refractivity contribution in [2.75, 3.05) is 6.54 Å². The maximum Gasteiger partial charge on any atom is 0.325 e. The van der Waals surface area contributed by atoms with Crippen molar-refractivity contribution in [1.82, 2.24) is 5.32 Å². The van der Waals surface area contributed by atoms with Crippen LogP contribution in [-0.4, -0.2) is 24.5 Å². The Morgan fingerprint density at radius 1 is 1.14 bits per heavy atom. The highest BCUT2D eigenvalue weighted by Gasteiger charge is 2.21. The van der Waals surface area contributed by atoms with Gasteiger partial charge in [0.2, 0.25) is 0 Å². The van der Waals surface area contributed by atoms with E-state index in [-0.39, 0.29) is 24.2 Å². The van der Waals surface area contributed by atoms with E-state index in [1.165, 1.54) is 17.8 Å². The van der Waals surface area contributed by atoms with E-state index in [2.05, 4.69) is 5.32 Å². The summed E-state index contributed by atoms with van der Waals surface area (Å²) in [5.41, 5.74) is 1.21. The van der Waals surface area contributed by atoms with Crippen LogP contribution in [0.3, 0.4) is 0 Å². The minimum Gasteiger partial charge on any atom is -0.462 e. The van der Waals surface area contributed by atoms with Gasteiger partial charge in [-0.2, -0.15) is 0 Å². The number of halogens is 1. The Bertz CT molecular complexity index is 999. The number of thioether (sulfide) groups is 1. The fourth-order valence-corrected chi connectivity index (χ4v) is 3.64. The highest BCUT2D eigenvalue weighted by molar-refractivity contribution is 7.98. The first-order valence-corrected chi connectivity index (χ1v) is 9.79. The normalized spacial score (nSPS) is 11.0. The fraction of sp³-hybridized carbons (Fsp3) is 0.238. The molecule has 1 heterocycles. The second-order valence-electron chi connectivity index (χ2n) is 6.35. The van der Waals surface area contributed by atoms with Gasteiger partial charge < -0.3 is 14.5 Å². The zero-order valence-corrected chi connectivity index (χ0v) is 16.3. The number of rotatable bonds is 7. The number of carbonyl (C=O) groups is 2. The first kappa shape index (κ1) is 19.9. The molecule has 0 saturated heterocycles. The monoisotopic (exact) mass is 401 g/mol. The van der Waals surface area contributed by atoms with Crippen molar-refractivity contribution < 1.29 is 23.1 Å². The average Bonchev–Trinajstić information content (AvgIpc) is 3.04. The first-order valence-electron chi connectivity index (χ1n) is 8.81. The number of esters is 1. The van der Waals surface area contributed by atoms with Gasteiger partial charge >= 0.3 is 5.97 Å². The summed E-state index contributed by atoms with van der Waals surface area (Å²) in [6, 6.07) is 13.7. The van der Waals surface area contributed by atoms with E-state index in [1.54, 1.807) is 44.2 Å². The summed E-state index contributed by atoms with van der Waals surface area (Å²) >= 11 is 1.28. The summed E-state index contributed by atoms with van der Waals surface area (Å²) in [4.78, 5) is 24.8. The summed E-state index contributed by atoms with van der Waals surface area (Å²) < 4.78 is 24.7. The van der Waals surface area contributed by atoms with Gasteiger partial charge in [-0.3, -0.25) is 9.59 Å². The van der Waals surface area contributed by atoms with E-state index in [4.69, 9.17) is 9.15 Å². The van der Waals surface area contributed by atoms with Crippen molar-refractivity contribution in [2.24, 2.45) is 0 Å². The lowest BCUT2D eigenvalue weighted by molar-refractivity contribution is -0.146. The molecule has 1 aromatic heterocycles. The molecule has 28 heavy (non-hydrogen) atoms. The lowest BCUT2D eigenvalue weighted by Crippen LogP contribution is -2.31. The van der Waals surface area contributed by atoms with Crippen molar-refractivity contribution >= 4 is 34.6 Å². The molecule has 146 valence electrons. The molecule has 3 rings (SSSR count). The predicted octanol–water partition coefficient (Wildman–Crippen LogP) is 4.55. The van der Waals surface area contributed by atoms with Gasteiger partial charge in [-0.05, 0) is 32.0 Å². The number of ether oxygens (including phenoxy) is 1. The summed E-state index contributed by atoms with van der Waals surface area (Å²) in [6.45, 7) is 3.21. The van der Waals surface area contributed by atoms with Crippen LogP contribution in [0.2, 0.25) is 0 Å². The van der Waals surface area contributed by atoms with Crippen LogP contribution in [0, 0.1) is 5.82 Å². The Hall–Kier alpha value is -2.80. The average molecular weight is 401 g/mol. The SMILES string of the molecule is CC(C)OC(=O)CNC(=O)c1oc2ccccc2c1CSc1ccccc1F. The molecule has 1 amide bonds. The Balaban J connectivity index is 1.81. The number of furan rings is 1. The standard InChI is InChI=1S/C21H20FNO4S/c1-13(2)26-19(24)11-23-21(25)20-15(14-7-3-5-9-17(14)27-20)12-28-18-10-6-4-8-16(18)22/h3-10,13H,11-12H2,1-2H3,(H,23,25). The zero-order chi connectivity index (χ0) is 20.1. The lowest BCUT2D eigenvalue weighted by Gasteiger charge is -2.09. The molecule has 0 radical (unpaired) electrons. The second kappa shape index (κ2) is 8.93. The van der Waals surface area contributed by atoms with Crippen molar-refractivity contribution in [1.29, 1.82) is 0 Å². The van der Waals surface area contributed by atoms with Gasteiger partial charge in [0.1, 0.15) is 17.9 Å². The summed E-state index contributed by atoms with van der Waals surface area (Å²) in [5, 5.41) is 3.30. The maximum atomic E-state index is 13.9. The summed E-state index contributed by atoms with van der Waals surface area (Å²) in [6.07, 6.45) is -0.261. The van der Waals surface area contributed by atoms with Gasteiger partial charge in [0.05, 0.1) is 6.10 Å². The third-order valence-electron chi connectivity index (χ3n) is 3.87. The number of nitrogens with one attached hydrogen (secondary N) is 1. The largest absolute Gasteiger partial charge is 0.462 e. The first-order chi connectivity index (χ1) is 13.5. The minimum atomic E-state index is -0.526. The van der Waals surface area contributed by atoms with E-state index in [0.29, 0.717) is 21.8 Å². The Morgan fingerprint density at radius 3 is 2.61 bits per heavy atom. The quantitative estimate of drug-likeness (QED) is 0.465. The second-order valence-corrected chi connectivity index (χ2v) is 7.36. The van der Waals surface area contributed by atoms with E-state index in [9.17, 15) is 14.0 Å². The number of hydrogen-bond acceptors (Lipinski definition) is 5. The molecule has 0 aliphatic carbocycles. The van der Waals surface area contributed by atoms with Gasteiger partial charge in [0, 0.05) is 21.6 Å². The number of hydrogen-bond donors (Lipinski definition) is 1. The predicted molar refractivity (Wildman–Crippen MR) is 106 cm³/mol. The van der Waals surface area contributed by atoms with Gasteiger partial charge in [-0.15, -0.1) is 11.8 Å². The van der Waals surface area contributed by atoms with Crippen LogP contribution < -0.4 is 5.32 Å². The Kier molecular flexibility index (Phi) is 6.36. The molecule has 3 aromatic rings. The van der Waals surface area contributed by atoms with Gasteiger partial charge in [-0.1, -0.05) is 30.3 Å². The van der Waals surface area contributed by atoms with Crippen LogP contribution in [0.1, 0.15) is 30.0 Å².